The fraction of sp³-hybridized carbons (Fsp3) is 0.333. The van der Waals surface area contributed by atoms with Crippen molar-refractivity contribution in [2.45, 2.75) is 18.2 Å². The Hall–Kier alpha value is -2.13. The zero-order chi connectivity index (χ0) is 19.3. The van der Waals surface area contributed by atoms with Crippen LogP contribution >= 0.6 is 11.8 Å². The summed E-state index contributed by atoms with van der Waals surface area (Å²) in [6, 6.07) is 9.21. The minimum atomic E-state index is -2.94. The summed E-state index contributed by atoms with van der Waals surface area (Å²) < 4.78 is 41.8. The van der Waals surface area contributed by atoms with Gasteiger partial charge in [-0.1, -0.05) is 12.1 Å². The van der Waals surface area contributed by atoms with Gasteiger partial charge < -0.3 is 10.1 Å². The van der Waals surface area contributed by atoms with E-state index >= 15 is 0 Å². The molecule has 2 aromatic rings. The van der Waals surface area contributed by atoms with Gasteiger partial charge in [-0.2, -0.15) is 0 Å². The standard InChI is InChI=1S/C18H19FN2O4S2/c19-14-4-1-5-15(9-14)25-18-13(3-2-7-20-18)10-21-17(22)11-26-16-6-8-27(23,24)12-16/h1-5,7,9,16H,6,8,10-12H2,(H,21,22). The van der Waals surface area contributed by atoms with Gasteiger partial charge in [0.1, 0.15) is 11.6 Å². The number of aromatic nitrogens is 1. The molecule has 1 unspecified atom stereocenters. The molecule has 0 radical (unpaired) electrons. The molecule has 9 heteroatoms. The molecule has 3 rings (SSSR count). The topological polar surface area (TPSA) is 85.4 Å². The van der Waals surface area contributed by atoms with E-state index in [1.165, 1.54) is 30.0 Å². The summed E-state index contributed by atoms with van der Waals surface area (Å²) in [5.41, 5.74) is 0.656. The van der Waals surface area contributed by atoms with E-state index in [-0.39, 0.29) is 40.8 Å². The third-order valence-electron chi connectivity index (χ3n) is 3.98. The summed E-state index contributed by atoms with van der Waals surface area (Å²) in [5.74, 6) is 0.536. The lowest BCUT2D eigenvalue weighted by atomic mass is 10.2. The van der Waals surface area contributed by atoms with Crippen LogP contribution in [0, 0.1) is 5.82 Å². The molecule has 0 saturated carbocycles. The molecular formula is C18H19FN2O4S2. The Morgan fingerprint density at radius 3 is 2.93 bits per heavy atom. The number of ether oxygens (including phenoxy) is 1. The van der Waals surface area contributed by atoms with Crippen molar-refractivity contribution in [2.24, 2.45) is 0 Å². The van der Waals surface area contributed by atoms with Gasteiger partial charge in [0, 0.05) is 29.6 Å². The average Bonchev–Trinajstić information content (AvgIpc) is 2.98. The van der Waals surface area contributed by atoms with E-state index in [1.54, 1.807) is 24.4 Å². The van der Waals surface area contributed by atoms with E-state index in [0.29, 0.717) is 17.7 Å². The average molecular weight is 410 g/mol. The van der Waals surface area contributed by atoms with Gasteiger partial charge in [0.15, 0.2) is 9.84 Å². The Bertz CT molecular complexity index is 921. The van der Waals surface area contributed by atoms with Crippen molar-refractivity contribution >= 4 is 27.5 Å². The first-order valence-electron chi connectivity index (χ1n) is 8.37. The number of pyridine rings is 1. The van der Waals surface area contributed by atoms with E-state index in [0.717, 1.165) is 0 Å². The Labute approximate surface area is 161 Å². The highest BCUT2D eigenvalue weighted by Gasteiger charge is 2.28. The van der Waals surface area contributed by atoms with E-state index in [4.69, 9.17) is 4.74 Å². The molecule has 144 valence electrons. The smallest absolute Gasteiger partial charge is 0.230 e. The summed E-state index contributed by atoms with van der Waals surface area (Å²) >= 11 is 1.36. The Kier molecular flexibility index (Phi) is 6.33. The van der Waals surface area contributed by atoms with Crippen molar-refractivity contribution in [3.05, 3.63) is 54.0 Å². The van der Waals surface area contributed by atoms with Crippen molar-refractivity contribution in [1.29, 1.82) is 0 Å². The highest BCUT2D eigenvalue weighted by atomic mass is 32.2. The van der Waals surface area contributed by atoms with E-state index in [9.17, 15) is 17.6 Å². The van der Waals surface area contributed by atoms with Crippen LogP contribution in [0.1, 0.15) is 12.0 Å². The number of amides is 1. The van der Waals surface area contributed by atoms with Gasteiger partial charge in [-0.15, -0.1) is 11.8 Å². The second-order valence-corrected chi connectivity index (χ2v) is 9.66. The highest BCUT2D eigenvalue weighted by Crippen LogP contribution is 2.25. The normalized spacial score (nSPS) is 18.2. The molecular weight excluding hydrogens is 391 g/mol. The second-order valence-electron chi connectivity index (χ2n) is 6.14. The quantitative estimate of drug-likeness (QED) is 0.755. The Balaban J connectivity index is 1.52. The number of benzene rings is 1. The Morgan fingerprint density at radius 1 is 1.33 bits per heavy atom. The maximum Gasteiger partial charge on any atom is 0.230 e. The van der Waals surface area contributed by atoms with E-state index in [1.807, 2.05) is 0 Å². The molecule has 1 N–H and O–H groups in total. The van der Waals surface area contributed by atoms with Crippen molar-refractivity contribution in [3.8, 4) is 11.6 Å². The number of nitrogens with zero attached hydrogens (tertiary/aromatic N) is 1. The fourth-order valence-corrected chi connectivity index (χ4v) is 6.10. The molecule has 1 fully saturated rings. The first-order chi connectivity index (χ1) is 12.9. The fourth-order valence-electron chi connectivity index (χ4n) is 2.62. The number of hydrogen-bond acceptors (Lipinski definition) is 6. The number of carbonyl (C=O) groups is 1. The summed E-state index contributed by atoms with van der Waals surface area (Å²) in [6.07, 6.45) is 2.14. The van der Waals surface area contributed by atoms with Gasteiger partial charge in [0.25, 0.3) is 0 Å². The summed E-state index contributed by atoms with van der Waals surface area (Å²) in [6.45, 7) is 0.209. The number of hydrogen-bond donors (Lipinski definition) is 1. The van der Waals surface area contributed by atoms with Crippen LogP contribution in [0.3, 0.4) is 0 Å². The predicted molar refractivity (Wildman–Crippen MR) is 102 cm³/mol. The van der Waals surface area contributed by atoms with Crippen molar-refractivity contribution < 1.29 is 22.3 Å². The van der Waals surface area contributed by atoms with Gasteiger partial charge in [-0.05, 0) is 24.6 Å². The van der Waals surface area contributed by atoms with Crippen molar-refractivity contribution in [2.75, 3.05) is 17.3 Å². The number of thioether (sulfide) groups is 1. The van der Waals surface area contributed by atoms with Crippen LogP contribution in [-0.2, 0) is 21.2 Å². The summed E-state index contributed by atoms with van der Waals surface area (Å²) in [4.78, 5) is 16.2. The molecule has 6 nitrogen and oxygen atoms in total. The van der Waals surface area contributed by atoms with Crippen molar-refractivity contribution in [3.63, 3.8) is 0 Å². The lowest BCUT2D eigenvalue weighted by molar-refractivity contribution is -0.118. The first kappa shape index (κ1) is 19.6. The molecule has 1 aliphatic rings. The monoisotopic (exact) mass is 410 g/mol. The highest BCUT2D eigenvalue weighted by molar-refractivity contribution is 8.02. The lowest BCUT2D eigenvalue weighted by Gasteiger charge is -2.11. The number of nitrogens with one attached hydrogen (secondary N) is 1. The third-order valence-corrected chi connectivity index (χ3v) is 7.26. The number of rotatable bonds is 7. The molecule has 1 aliphatic heterocycles. The van der Waals surface area contributed by atoms with Crippen LogP contribution in [0.5, 0.6) is 11.6 Å². The molecule has 1 atom stereocenters. The first-order valence-corrected chi connectivity index (χ1v) is 11.2. The summed E-state index contributed by atoms with van der Waals surface area (Å²) in [7, 11) is -2.94. The molecule has 1 aromatic heterocycles. The van der Waals surface area contributed by atoms with Gasteiger partial charge >= 0.3 is 0 Å². The van der Waals surface area contributed by atoms with Gasteiger partial charge in [0.2, 0.25) is 11.8 Å². The largest absolute Gasteiger partial charge is 0.439 e. The van der Waals surface area contributed by atoms with E-state index in [2.05, 4.69) is 10.3 Å². The zero-order valence-corrected chi connectivity index (χ0v) is 16.1. The van der Waals surface area contributed by atoms with Crippen LogP contribution in [-0.4, -0.2) is 41.8 Å². The van der Waals surface area contributed by atoms with Crippen LogP contribution in [0.4, 0.5) is 4.39 Å². The minimum Gasteiger partial charge on any atom is -0.439 e. The third kappa shape index (κ3) is 5.93. The molecule has 27 heavy (non-hydrogen) atoms. The molecule has 2 heterocycles. The zero-order valence-electron chi connectivity index (χ0n) is 14.4. The SMILES string of the molecule is O=C(CSC1CCS(=O)(=O)C1)NCc1cccnc1Oc1cccc(F)c1. The molecule has 0 bridgehead atoms. The molecule has 1 amide bonds. The predicted octanol–water partition coefficient (Wildman–Crippen LogP) is 2.55. The molecule has 0 aliphatic carbocycles. The van der Waals surface area contributed by atoms with E-state index < -0.39 is 15.7 Å². The maximum absolute atomic E-state index is 13.3. The Morgan fingerprint density at radius 2 is 2.19 bits per heavy atom. The van der Waals surface area contributed by atoms with Crippen molar-refractivity contribution in [1.82, 2.24) is 10.3 Å². The number of carbonyl (C=O) groups excluding carboxylic acids is 1. The lowest BCUT2D eigenvalue weighted by Crippen LogP contribution is -2.26. The molecule has 1 saturated heterocycles. The summed E-state index contributed by atoms with van der Waals surface area (Å²) in [5, 5.41) is 2.76. The van der Waals surface area contributed by atoms with Crippen LogP contribution in [0.2, 0.25) is 0 Å². The minimum absolute atomic E-state index is 0.0222. The maximum atomic E-state index is 13.3. The van der Waals surface area contributed by atoms with Crippen LogP contribution in [0.15, 0.2) is 42.6 Å². The second kappa shape index (κ2) is 8.71. The van der Waals surface area contributed by atoms with Gasteiger partial charge in [-0.25, -0.2) is 17.8 Å². The van der Waals surface area contributed by atoms with Gasteiger partial charge in [-0.3, -0.25) is 4.79 Å². The number of halogens is 1. The van der Waals surface area contributed by atoms with Crippen LogP contribution in [0.25, 0.3) is 0 Å². The number of sulfone groups is 1. The van der Waals surface area contributed by atoms with Crippen LogP contribution < -0.4 is 10.1 Å². The van der Waals surface area contributed by atoms with Gasteiger partial charge in [0.05, 0.1) is 17.3 Å². The molecule has 1 aromatic carbocycles. The molecule has 0 spiro atoms.